The molecule has 116 valence electrons. The van der Waals surface area contributed by atoms with Gasteiger partial charge in [0.2, 0.25) is 10.0 Å². The van der Waals surface area contributed by atoms with Gasteiger partial charge in [-0.3, -0.25) is 10.1 Å². The Morgan fingerprint density at radius 2 is 2.05 bits per heavy atom. The average molecular weight is 313 g/mol. The van der Waals surface area contributed by atoms with Crippen LogP contribution in [0.1, 0.15) is 20.3 Å². The van der Waals surface area contributed by atoms with Crippen LogP contribution in [-0.2, 0) is 10.0 Å². The molecular weight excluding hydrogens is 294 g/mol. The molecule has 21 heavy (non-hydrogen) atoms. The summed E-state index contributed by atoms with van der Waals surface area (Å²) in [7, 11) is -2.21. The Bertz CT molecular complexity index is 670. The molecule has 7 nitrogen and oxygen atoms in total. The van der Waals surface area contributed by atoms with Crippen LogP contribution in [0.3, 0.4) is 0 Å². The maximum Gasteiger partial charge on any atom is 0.270 e. The van der Waals surface area contributed by atoms with Gasteiger partial charge in [-0.05, 0) is 23.8 Å². The minimum Gasteiger partial charge on any atom is -0.387 e. The lowest BCUT2D eigenvalue weighted by atomic mass is 10.1. The van der Waals surface area contributed by atoms with E-state index in [-0.39, 0.29) is 16.0 Å². The van der Waals surface area contributed by atoms with Crippen LogP contribution in [-0.4, -0.2) is 26.9 Å². The van der Waals surface area contributed by atoms with Crippen LogP contribution < -0.4 is 10.0 Å². The lowest BCUT2D eigenvalue weighted by Gasteiger charge is -2.11. The standard InChI is InChI=1S/C13H19N3O4S/c1-13(2)7-9(13)8-15-21(19,20)12-6-10(16(17)18)4-5-11(12)14-3/h4-6,9,14-15H,7-8H2,1-3H3. The zero-order valence-corrected chi connectivity index (χ0v) is 13.0. The van der Waals surface area contributed by atoms with Gasteiger partial charge in [-0.15, -0.1) is 0 Å². The fraction of sp³-hybridized carbons (Fsp3) is 0.538. The summed E-state index contributed by atoms with van der Waals surface area (Å²) in [5.41, 5.74) is 0.251. The molecule has 1 atom stereocenters. The molecule has 0 spiro atoms. The highest BCUT2D eigenvalue weighted by molar-refractivity contribution is 7.89. The first-order valence-electron chi connectivity index (χ1n) is 6.63. The van der Waals surface area contributed by atoms with Crippen molar-refractivity contribution in [2.24, 2.45) is 11.3 Å². The molecule has 0 bridgehead atoms. The van der Waals surface area contributed by atoms with Gasteiger partial charge in [0.15, 0.2) is 0 Å². The molecule has 1 aliphatic rings. The first kappa shape index (κ1) is 15.7. The van der Waals surface area contributed by atoms with Crippen LogP contribution in [0, 0.1) is 21.4 Å². The van der Waals surface area contributed by atoms with Crippen LogP contribution in [0.15, 0.2) is 23.1 Å². The average Bonchev–Trinajstić information content (AvgIpc) is 3.03. The first-order chi connectivity index (χ1) is 9.67. The number of rotatable bonds is 6. The quantitative estimate of drug-likeness (QED) is 0.617. The second-order valence-corrected chi connectivity index (χ2v) is 7.66. The van der Waals surface area contributed by atoms with Crippen LogP contribution in [0.25, 0.3) is 0 Å². The summed E-state index contributed by atoms with van der Waals surface area (Å²) in [5.74, 6) is 0.309. The smallest absolute Gasteiger partial charge is 0.270 e. The number of benzene rings is 1. The van der Waals surface area contributed by atoms with Crippen molar-refractivity contribution in [3.8, 4) is 0 Å². The van der Waals surface area contributed by atoms with Crippen LogP contribution >= 0.6 is 0 Å². The van der Waals surface area contributed by atoms with Crippen LogP contribution in [0.4, 0.5) is 11.4 Å². The summed E-state index contributed by atoms with van der Waals surface area (Å²) in [6.07, 6.45) is 0.976. The minimum absolute atomic E-state index is 0.0994. The van der Waals surface area contributed by atoms with E-state index in [2.05, 4.69) is 23.9 Å². The molecule has 0 saturated heterocycles. The first-order valence-corrected chi connectivity index (χ1v) is 8.11. The van der Waals surface area contributed by atoms with Gasteiger partial charge in [-0.25, -0.2) is 13.1 Å². The molecule has 2 rings (SSSR count). The largest absolute Gasteiger partial charge is 0.387 e. The molecule has 2 N–H and O–H groups in total. The maximum atomic E-state index is 12.4. The number of nitrogens with one attached hydrogen (secondary N) is 2. The SMILES string of the molecule is CNc1ccc([N+](=O)[O-])cc1S(=O)(=O)NCC1CC1(C)C. The van der Waals surface area contributed by atoms with E-state index in [0.29, 0.717) is 18.2 Å². The number of sulfonamides is 1. The molecule has 1 unspecified atom stereocenters. The molecule has 0 amide bonds. The molecule has 1 aromatic carbocycles. The Morgan fingerprint density at radius 1 is 1.43 bits per heavy atom. The third-order valence-corrected chi connectivity index (χ3v) is 5.44. The highest BCUT2D eigenvalue weighted by Crippen LogP contribution is 2.51. The van der Waals surface area contributed by atoms with E-state index < -0.39 is 14.9 Å². The monoisotopic (exact) mass is 313 g/mol. The van der Waals surface area contributed by atoms with E-state index in [1.807, 2.05) is 0 Å². The minimum atomic E-state index is -3.78. The van der Waals surface area contributed by atoms with Crippen molar-refractivity contribution < 1.29 is 13.3 Å². The fourth-order valence-electron chi connectivity index (χ4n) is 2.27. The Hall–Kier alpha value is -1.67. The summed E-state index contributed by atoms with van der Waals surface area (Å²) in [6, 6.07) is 3.74. The van der Waals surface area contributed by atoms with Crippen molar-refractivity contribution in [3.63, 3.8) is 0 Å². The van der Waals surface area contributed by atoms with Crippen molar-refractivity contribution in [2.45, 2.75) is 25.2 Å². The van der Waals surface area contributed by atoms with Gasteiger partial charge >= 0.3 is 0 Å². The van der Waals surface area contributed by atoms with Crippen molar-refractivity contribution in [3.05, 3.63) is 28.3 Å². The van der Waals surface area contributed by atoms with Crippen LogP contribution in [0.2, 0.25) is 0 Å². The number of nitro groups is 1. The summed E-state index contributed by atoms with van der Waals surface area (Å²) in [5, 5.41) is 13.6. The molecule has 1 aromatic rings. The zero-order valence-electron chi connectivity index (χ0n) is 12.2. The molecule has 1 aliphatic carbocycles. The molecular formula is C13H19N3O4S. The molecule has 0 radical (unpaired) electrons. The number of nitro benzene ring substituents is 1. The Labute approximate surface area is 123 Å². The highest BCUT2D eigenvalue weighted by atomic mass is 32.2. The fourth-order valence-corrected chi connectivity index (χ4v) is 3.58. The predicted octanol–water partition coefficient (Wildman–Crippen LogP) is 1.96. The van der Waals surface area contributed by atoms with E-state index in [9.17, 15) is 18.5 Å². The van der Waals surface area contributed by atoms with Crippen LogP contribution in [0.5, 0.6) is 0 Å². The Morgan fingerprint density at radius 3 is 2.52 bits per heavy atom. The summed E-state index contributed by atoms with van der Waals surface area (Å²) in [4.78, 5) is 10.1. The lowest BCUT2D eigenvalue weighted by molar-refractivity contribution is -0.385. The number of anilines is 1. The number of non-ortho nitro benzene ring substituents is 1. The number of hydrogen-bond acceptors (Lipinski definition) is 5. The summed E-state index contributed by atoms with van der Waals surface area (Å²) >= 11 is 0. The number of hydrogen-bond donors (Lipinski definition) is 2. The van der Waals surface area contributed by atoms with Gasteiger partial charge in [-0.1, -0.05) is 13.8 Å². The molecule has 0 heterocycles. The van der Waals surface area contributed by atoms with E-state index in [0.717, 1.165) is 12.5 Å². The van der Waals surface area contributed by atoms with Crippen molar-refractivity contribution >= 4 is 21.4 Å². The molecule has 1 fully saturated rings. The van der Waals surface area contributed by atoms with Gasteiger partial charge in [0.1, 0.15) is 4.90 Å². The third kappa shape index (κ3) is 3.33. The summed E-state index contributed by atoms with van der Waals surface area (Å²) < 4.78 is 27.3. The van der Waals surface area contributed by atoms with Crippen molar-refractivity contribution in [1.82, 2.24) is 4.72 Å². The third-order valence-electron chi connectivity index (χ3n) is 3.97. The van der Waals surface area contributed by atoms with Gasteiger partial charge in [-0.2, -0.15) is 0 Å². The topological polar surface area (TPSA) is 101 Å². The molecule has 1 saturated carbocycles. The van der Waals surface area contributed by atoms with E-state index in [1.165, 1.54) is 12.1 Å². The second-order valence-electron chi connectivity index (χ2n) is 5.93. The van der Waals surface area contributed by atoms with E-state index in [1.54, 1.807) is 7.05 Å². The van der Waals surface area contributed by atoms with Gasteiger partial charge in [0, 0.05) is 25.7 Å². The predicted molar refractivity (Wildman–Crippen MR) is 79.7 cm³/mol. The molecule has 0 aromatic heterocycles. The maximum absolute atomic E-state index is 12.4. The van der Waals surface area contributed by atoms with E-state index >= 15 is 0 Å². The van der Waals surface area contributed by atoms with E-state index in [4.69, 9.17) is 0 Å². The normalized spacial score (nSPS) is 20.0. The van der Waals surface area contributed by atoms with Crippen molar-refractivity contribution in [2.75, 3.05) is 18.9 Å². The highest BCUT2D eigenvalue weighted by Gasteiger charge is 2.45. The molecule has 8 heteroatoms. The van der Waals surface area contributed by atoms with Gasteiger partial charge in [0.25, 0.3) is 5.69 Å². The Kier molecular flexibility index (Phi) is 3.94. The zero-order chi connectivity index (χ0) is 15.8. The summed E-state index contributed by atoms with van der Waals surface area (Å²) in [6.45, 7) is 4.51. The molecule has 0 aliphatic heterocycles. The Balaban J connectivity index is 2.25. The lowest BCUT2D eigenvalue weighted by Crippen LogP contribution is -2.27. The van der Waals surface area contributed by atoms with Crippen molar-refractivity contribution in [1.29, 1.82) is 0 Å². The van der Waals surface area contributed by atoms with Gasteiger partial charge in [0.05, 0.1) is 10.6 Å². The number of nitrogens with zero attached hydrogens (tertiary/aromatic N) is 1. The second kappa shape index (κ2) is 5.27. The van der Waals surface area contributed by atoms with Gasteiger partial charge < -0.3 is 5.32 Å².